The highest BCUT2D eigenvalue weighted by Gasteiger charge is 2.23. The molecular formula is C18H18ClN5O5. The number of hydrogen-bond donors (Lipinski definition) is 1. The first-order valence-electron chi connectivity index (χ1n) is 8.51. The maximum Gasteiger partial charge on any atom is 0.326 e. The quantitative estimate of drug-likeness (QED) is 0.586. The van der Waals surface area contributed by atoms with E-state index in [2.05, 4.69) is 15.5 Å². The molecule has 0 aliphatic heterocycles. The number of hydrogen-bond acceptors (Lipinski definition) is 7. The Hall–Kier alpha value is -3.24. The fraction of sp³-hybridized carbons (Fsp3) is 0.278. The summed E-state index contributed by atoms with van der Waals surface area (Å²) in [5.74, 6) is -0.846. The molecule has 0 amide bonds. The number of halogens is 1. The molecule has 1 atom stereocenters. The third kappa shape index (κ3) is 4.28. The van der Waals surface area contributed by atoms with Gasteiger partial charge in [0, 0.05) is 42.4 Å². The van der Waals surface area contributed by atoms with Gasteiger partial charge >= 0.3 is 5.97 Å². The zero-order valence-corrected chi connectivity index (χ0v) is 16.4. The van der Waals surface area contributed by atoms with E-state index in [9.17, 15) is 14.7 Å². The third-order valence-corrected chi connectivity index (χ3v) is 4.56. The van der Waals surface area contributed by atoms with E-state index in [1.54, 1.807) is 18.2 Å². The van der Waals surface area contributed by atoms with Gasteiger partial charge < -0.3 is 14.6 Å². The van der Waals surface area contributed by atoms with E-state index in [1.165, 1.54) is 37.5 Å². The Balaban J connectivity index is 2.18. The van der Waals surface area contributed by atoms with E-state index in [1.807, 2.05) is 0 Å². The number of ether oxygens (including phenoxy) is 2. The molecule has 152 valence electrons. The lowest BCUT2D eigenvalue weighted by Crippen LogP contribution is -2.30. The van der Waals surface area contributed by atoms with Crippen molar-refractivity contribution >= 4 is 17.6 Å². The van der Waals surface area contributed by atoms with E-state index in [4.69, 9.17) is 21.1 Å². The van der Waals surface area contributed by atoms with Crippen LogP contribution < -0.4 is 10.3 Å². The average Bonchev–Trinajstić information content (AvgIpc) is 3.23. The summed E-state index contributed by atoms with van der Waals surface area (Å²) in [6.45, 7) is 0.186. The van der Waals surface area contributed by atoms with E-state index in [0.29, 0.717) is 27.6 Å². The number of pyridine rings is 1. The van der Waals surface area contributed by atoms with Crippen LogP contribution in [0.2, 0.25) is 5.02 Å². The maximum absolute atomic E-state index is 12.8. The van der Waals surface area contributed by atoms with Gasteiger partial charge in [-0.1, -0.05) is 11.6 Å². The van der Waals surface area contributed by atoms with Crippen LogP contribution in [0.25, 0.3) is 16.8 Å². The second kappa shape index (κ2) is 8.84. The van der Waals surface area contributed by atoms with Gasteiger partial charge in [0.25, 0.3) is 5.56 Å². The first kappa shape index (κ1) is 20.5. The Labute approximate surface area is 170 Å². The molecule has 0 aliphatic rings. The van der Waals surface area contributed by atoms with Crippen molar-refractivity contribution in [3.8, 4) is 22.6 Å². The highest BCUT2D eigenvalue weighted by Crippen LogP contribution is 2.35. The number of carboxylic acids is 1. The molecule has 0 saturated heterocycles. The van der Waals surface area contributed by atoms with Crippen LogP contribution in [0, 0.1) is 0 Å². The summed E-state index contributed by atoms with van der Waals surface area (Å²) in [5.41, 5.74) is 1.04. The van der Waals surface area contributed by atoms with Crippen molar-refractivity contribution < 1.29 is 19.4 Å². The van der Waals surface area contributed by atoms with Gasteiger partial charge in [-0.3, -0.25) is 9.36 Å². The van der Waals surface area contributed by atoms with Crippen LogP contribution in [0.3, 0.4) is 0 Å². The molecule has 29 heavy (non-hydrogen) atoms. The van der Waals surface area contributed by atoms with Crippen molar-refractivity contribution in [3.63, 3.8) is 0 Å². The summed E-state index contributed by atoms with van der Waals surface area (Å²) in [6, 6.07) is 5.24. The van der Waals surface area contributed by atoms with Gasteiger partial charge in [-0.2, -0.15) is 4.68 Å². The molecular weight excluding hydrogens is 402 g/mol. The number of benzene rings is 1. The van der Waals surface area contributed by atoms with Crippen LogP contribution in [-0.4, -0.2) is 56.7 Å². The minimum atomic E-state index is -1.14. The van der Waals surface area contributed by atoms with Gasteiger partial charge in [-0.25, -0.2) is 4.79 Å². The fourth-order valence-corrected chi connectivity index (χ4v) is 3.12. The fourth-order valence-electron chi connectivity index (χ4n) is 2.95. The smallest absolute Gasteiger partial charge is 0.326 e. The van der Waals surface area contributed by atoms with Crippen molar-refractivity contribution in [3.05, 3.63) is 52.2 Å². The number of tetrazole rings is 1. The van der Waals surface area contributed by atoms with Crippen LogP contribution in [0.4, 0.5) is 0 Å². The summed E-state index contributed by atoms with van der Waals surface area (Å²) < 4.78 is 13.0. The molecule has 3 rings (SSSR count). The molecule has 0 fully saturated rings. The minimum absolute atomic E-state index is 0.126. The monoisotopic (exact) mass is 419 g/mol. The SMILES string of the molecule is COCCC(C(=O)O)n1cc(OC)c(-c2cc(Cl)ccc2-n2cnnn2)cc1=O. The Morgan fingerprint density at radius 2 is 2.07 bits per heavy atom. The zero-order chi connectivity index (χ0) is 21.0. The topological polar surface area (TPSA) is 121 Å². The third-order valence-electron chi connectivity index (χ3n) is 4.32. The Kier molecular flexibility index (Phi) is 6.25. The summed E-state index contributed by atoms with van der Waals surface area (Å²) in [4.78, 5) is 24.5. The maximum atomic E-state index is 12.8. The normalized spacial score (nSPS) is 12.0. The largest absolute Gasteiger partial charge is 0.495 e. The van der Waals surface area contributed by atoms with Crippen LogP contribution in [0.15, 0.2) is 41.6 Å². The van der Waals surface area contributed by atoms with Gasteiger partial charge in [-0.05, 0) is 28.6 Å². The number of methoxy groups -OCH3 is 2. The number of aliphatic carboxylic acids is 1. The summed E-state index contributed by atoms with van der Waals surface area (Å²) >= 11 is 6.17. The van der Waals surface area contributed by atoms with Crippen LogP contribution in [-0.2, 0) is 9.53 Å². The molecule has 2 aromatic heterocycles. The minimum Gasteiger partial charge on any atom is -0.495 e. The number of aromatic nitrogens is 5. The van der Waals surface area contributed by atoms with Gasteiger partial charge in [-0.15, -0.1) is 5.10 Å². The number of nitrogens with zero attached hydrogens (tertiary/aromatic N) is 5. The molecule has 1 aromatic carbocycles. The number of rotatable bonds is 8. The summed E-state index contributed by atoms with van der Waals surface area (Å²) in [6.07, 6.45) is 2.91. The number of carbonyl (C=O) groups is 1. The second-order valence-corrected chi connectivity index (χ2v) is 6.49. The number of carboxylic acid groups (broad SMARTS) is 1. The lowest BCUT2D eigenvalue weighted by molar-refractivity contribution is -0.141. The molecule has 10 nitrogen and oxygen atoms in total. The lowest BCUT2D eigenvalue weighted by atomic mass is 10.0. The van der Waals surface area contributed by atoms with Gasteiger partial charge in [0.2, 0.25) is 0 Å². The molecule has 1 unspecified atom stereocenters. The molecule has 0 bridgehead atoms. The van der Waals surface area contributed by atoms with Crippen molar-refractivity contribution in [2.75, 3.05) is 20.8 Å². The summed E-state index contributed by atoms with van der Waals surface area (Å²) in [5, 5.41) is 21.1. The predicted molar refractivity (Wildman–Crippen MR) is 104 cm³/mol. The molecule has 1 N–H and O–H groups in total. The van der Waals surface area contributed by atoms with Crippen molar-refractivity contribution in [2.45, 2.75) is 12.5 Å². The van der Waals surface area contributed by atoms with E-state index in [0.717, 1.165) is 4.57 Å². The van der Waals surface area contributed by atoms with Crippen LogP contribution in [0.1, 0.15) is 12.5 Å². The van der Waals surface area contributed by atoms with Crippen molar-refractivity contribution in [2.24, 2.45) is 0 Å². The molecule has 11 heteroatoms. The highest BCUT2D eigenvalue weighted by molar-refractivity contribution is 6.31. The van der Waals surface area contributed by atoms with Crippen LogP contribution >= 0.6 is 11.6 Å². The molecule has 3 aromatic rings. The highest BCUT2D eigenvalue weighted by atomic mass is 35.5. The average molecular weight is 420 g/mol. The molecule has 0 aliphatic carbocycles. The Morgan fingerprint density at radius 3 is 2.69 bits per heavy atom. The van der Waals surface area contributed by atoms with Crippen molar-refractivity contribution in [1.29, 1.82) is 0 Å². The van der Waals surface area contributed by atoms with Gasteiger partial charge in [0.1, 0.15) is 18.1 Å². The Morgan fingerprint density at radius 1 is 1.28 bits per heavy atom. The molecule has 2 heterocycles. The van der Waals surface area contributed by atoms with Crippen molar-refractivity contribution in [1.82, 2.24) is 24.8 Å². The van der Waals surface area contributed by atoms with E-state index >= 15 is 0 Å². The first-order chi connectivity index (χ1) is 14.0. The molecule has 0 radical (unpaired) electrons. The summed E-state index contributed by atoms with van der Waals surface area (Å²) in [7, 11) is 2.89. The van der Waals surface area contributed by atoms with E-state index in [-0.39, 0.29) is 13.0 Å². The second-order valence-electron chi connectivity index (χ2n) is 6.05. The predicted octanol–water partition coefficient (Wildman–Crippen LogP) is 1.82. The van der Waals surface area contributed by atoms with Gasteiger partial charge in [0.05, 0.1) is 19.0 Å². The lowest BCUT2D eigenvalue weighted by Gasteiger charge is -2.19. The molecule has 0 spiro atoms. The van der Waals surface area contributed by atoms with E-state index < -0.39 is 17.6 Å². The standard InChI is InChI=1S/C18H18ClN5O5/c1-28-6-5-15(18(26)27)23-9-16(29-2)13(8-17(23)25)12-7-11(19)3-4-14(12)24-10-20-21-22-24/h3-4,7-10,15H,5-6H2,1-2H3,(H,26,27). The van der Waals surface area contributed by atoms with Gasteiger partial charge in [0.15, 0.2) is 0 Å². The van der Waals surface area contributed by atoms with Crippen LogP contribution in [0.5, 0.6) is 5.75 Å². The molecule has 0 saturated carbocycles. The zero-order valence-electron chi connectivity index (χ0n) is 15.6. The first-order valence-corrected chi connectivity index (χ1v) is 8.89. The Bertz CT molecular complexity index is 1070.